The number of nitrogens with two attached hydrogens (primary N) is 1. The molecule has 102 valence electrons. The molecule has 3 N–H and O–H groups in total. The van der Waals surface area contributed by atoms with E-state index in [2.05, 4.69) is 15.3 Å². The third kappa shape index (κ3) is 1.26. The van der Waals surface area contributed by atoms with Crippen molar-refractivity contribution in [3.63, 3.8) is 0 Å². The zero-order valence-electron chi connectivity index (χ0n) is 10.5. The van der Waals surface area contributed by atoms with Gasteiger partial charge in [0.2, 0.25) is 6.29 Å². The number of amidine groups is 1. The topological polar surface area (TPSA) is 103 Å². The number of carbonyl (C=O) groups is 1. The Kier molecular flexibility index (Phi) is 1.99. The predicted molar refractivity (Wildman–Crippen MR) is 69.5 cm³/mol. The van der Waals surface area contributed by atoms with Crippen LogP contribution in [0.5, 0.6) is 0 Å². The summed E-state index contributed by atoms with van der Waals surface area (Å²) >= 11 is 0. The molecule has 0 saturated carbocycles. The van der Waals surface area contributed by atoms with Crippen LogP contribution in [0.4, 0.5) is 4.79 Å². The van der Waals surface area contributed by atoms with Gasteiger partial charge in [-0.05, 0) is 12.1 Å². The van der Waals surface area contributed by atoms with Crippen molar-refractivity contribution in [3.05, 3.63) is 29.9 Å². The fourth-order valence-corrected chi connectivity index (χ4v) is 2.40. The average Bonchev–Trinajstić information content (AvgIpc) is 3.10. The number of furan rings is 1. The Labute approximate surface area is 113 Å². The number of aliphatic imine (C=N–C) groups is 2. The molecule has 2 amide bonds. The lowest BCUT2D eigenvalue weighted by Gasteiger charge is -2.28. The van der Waals surface area contributed by atoms with Gasteiger partial charge in [-0.2, -0.15) is 0 Å². The van der Waals surface area contributed by atoms with Crippen LogP contribution < -0.4 is 11.2 Å². The van der Waals surface area contributed by atoms with Crippen molar-refractivity contribution in [1.82, 2.24) is 20.3 Å². The average molecular weight is 273 g/mol. The first-order valence-electron chi connectivity index (χ1n) is 5.94. The smallest absolute Gasteiger partial charge is 0.339 e. The molecule has 0 aliphatic carbocycles. The molecule has 4 heterocycles. The monoisotopic (exact) mass is 273 g/mol. The minimum absolute atomic E-state index is 0.234. The Morgan fingerprint density at radius 1 is 1.50 bits per heavy atom. The van der Waals surface area contributed by atoms with E-state index in [4.69, 9.17) is 10.3 Å². The van der Waals surface area contributed by atoms with Crippen LogP contribution in [0.15, 0.2) is 38.5 Å². The number of hydrogen-bond donors (Lipinski definition) is 2. The summed E-state index contributed by atoms with van der Waals surface area (Å²) in [6, 6.07) is 3.33. The van der Waals surface area contributed by atoms with E-state index in [1.165, 1.54) is 16.4 Å². The van der Waals surface area contributed by atoms with Crippen LogP contribution in [0.25, 0.3) is 5.70 Å². The number of fused-ring (bicyclic) bond motifs is 3. The lowest BCUT2D eigenvalue weighted by molar-refractivity contribution is 0.0998. The van der Waals surface area contributed by atoms with Gasteiger partial charge in [0.25, 0.3) is 0 Å². The second kappa shape index (κ2) is 3.61. The number of amides is 2. The lowest BCUT2D eigenvalue weighted by atomic mass is 10.2. The molecule has 0 bridgehead atoms. The zero-order chi connectivity index (χ0) is 13.9. The van der Waals surface area contributed by atoms with E-state index in [0.717, 1.165) is 0 Å². The summed E-state index contributed by atoms with van der Waals surface area (Å²) in [7, 11) is 1.65. The Balaban J connectivity index is 1.91. The molecule has 3 aliphatic rings. The fraction of sp³-hybridized carbons (Fsp3) is 0.182. The molecule has 0 radical (unpaired) electrons. The Morgan fingerprint density at radius 2 is 2.35 bits per heavy atom. The molecule has 1 aromatic heterocycles. The molecule has 1 unspecified atom stereocenters. The molecule has 0 aromatic carbocycles. The third-order valence-electron chi connectivity index (χ3n) is 3.32. The molecular formula is C11H11N7O2. The van der Waals surface area contributed by atoms with Crippen molar-refractivity contribution in [2.45, 2.75) is 6.29 Å². The van der Waals surface area contributed by atoms with Gasteiger partial charge in [0, 0.05) is 7.05 Å². The molecular weight excluding hydrogens is 262 g/mol. The molecule has 3 aliphatic heterocycles. The van der Waals surface area contributed by atoms with Gasteiger partial charge >= 0.3 is 6.03 Å². The first-order valence-corrected chi connectivity index (χ1v) is 5.94. The summed E-state index contributed by atoms with van der Waals surface area (Å²) < 4.78 is 5.39. The van der Waals surface area contributed by atoms with Gasteiger partial charge < -0.3 is 4.42 Å². The van der Waals surface area contributed by atoms with Crippen LogP contribution >= 0.6 is 0 Å². The SMILES string of the molecule is CN1C(=O)NC2N=C3C(=C(c4ccco4)N=CN3N)N21. The van der Waals surface area contributed by atoms with Crippen molar-refractivity contribution in [3.8, 4) is 0 Å². The molecule has 1 aromatic rings. The molecule has 1 fully saturated rings. The Hall–Kier alpha value is -2.81. The number of urea groups is 1. The van der Waals surface area contributed by atoms with Crippen LogP contribution in [0.3, 0.4) is 0 Å². The summed E-state index contributed by atoms with van der Waals surface area (Å²) in [6.07, 6.45) is 2.52. The molecule has 1 saturated heterocycles. The van der Waals surface area contributed by atoms with E-state index in [-0.39, 0.29) is 6.03 Å². The van der Waals surface area contributed by atoms with Crippen molar-refractivity contribution in [2.75, 3.05) is 7.05 Å². The number of hydrazine groups is 2. The highest BCUT2D eigenvalue weighted by Crippen LogP contribution is 2.34. The fourth-order valence-electron chi connectivity index (χ4n) is 2.40. The van der Waals surface area contributed by atoms with Gasteiger partial charge in [-0.3, -0.25) is 5.32 Å². The maximum absolute atomic E-state index is 11.7. The largest absolute Gasteiger partial charge is 0.463 e. The molecule has 9 nitrogen and oxygen atoms in total. The van der Waals surface area contributed by atoms with Crippen molar-refractivity contribution < 1.29 is 9.21 Å². The Morgan fingerprint density at radius 3 is 3.10 bits per heavy atom. The van der Waals surface area contributed by atoms with Gasteiger partial charge in [0.1, 0.15) is 17.7 Å². The molecule has 0 spiro atoms. The van der Waals surface area contributed by atoms with Crippen LogP contribution in [-0.2, 0) is 0 Å². The maximum Gasteiger partial charge on any atom is 0.339 e. The minimum atomic E-state index is -0.504. The highest BCUT2D eigenvalue weighted by atomic mass is 16.3. The van der Waals surface area contributed by atoms with E-state index < -0.39 is 6.29 Å². The molecule has 4 rings (SSSR count). The number of carbonyl (C=O) groups excluding carboxylic acids is 1. The van der Waals surface area contributed by atoms with Crippen molar-refractivity contribution in [2.24, 2.45) is 15.8 Å². The number of hydrogen-bond acceptors (Lipinski definition) is 7. The second-order valence-corrected chi connectivity index (χ2v) is 4.47. The van der Waals surface area contributed by atoms with E-state index in [1.807, 2.05) is 0 Å². The van der Waals surface area contributed by atoms with E-state index in [9.17, 15) is 4.79 Å². The molecule has 9 heteroatoms. The third-order valence-corrected chi connectivity index (χ3v) is 3.32. The van der Waals surface area contributed by atoms with E-state index >= 15 is 0 Å². The summed E-state index contributed by atoms with van der Waals surface area (Å²) in [5.41, 5.74) is 1.22. The normalized spacial score (nSPS) is 24.1. The summed E-state index contributed by atoms with van der Waals surface area (Å²) in [4.78, 5) is 20.4. The number of nitrogens with one attached hydrogen (secondary N) is 1. The van der Waals surface area contributed by atoms with Crippen molar-refractivity contribution >= 4 is 23.9 Å². The zero-order valence-corrected chi connectivity index (χ0v) is 10.5. The van der Waals surface area contributed by atoms with Crippen LogP contribution in [0.2, 0.25) is 0 Å². The van der Waals surface area contributed by atoms with Crippen molar-refractivity contribution in [1.29, 1.82) is 0 Å². The summed E-state index contributed by atoms with van der Waals surface area (Å²) in [6.45, 7) is 0. The summed E-state index contributed by atoms with van der Waals surface area (Å²) in [5.74, 6) is 6.97. The minimum Gasteiger partial charge on any atom is -0.463 e. The van der Waals surface area contributed by atoms with Crippen LogP contribution in [0.1, 0.15) is 5.76 Å². The van der Waals surface area contributed by atoms with Gasteiger partial charge in [0.15, 0.2) is 11.6 Å². The second-order valence-electron chi connectivity index (χ2n) is 4.47. The van der Waals surface area contributed by atoms with E-state index in [1.54, 1.807) is 30.5 Å². The predicted octanol–water partition coefficient (Wildman–Crippen LogP) is -0.266. The summed E-state index contributed by atoms with van der Waals surface area (Å²) in [5, 5.41) is 7.19. The highest BCUT2D eigenvalue weighted by molar-refractivity contribution is 6.12. The molecule has 1 atom stereocenters. The maximum atomic E-state index is 11.7. The van der Waals surface area contributed by atoms with Crippen LogP contribution in [0, 0.1) is 0 Å². The molecule has 20 heavy (non-hydrogen) atoms. The van der Waals surface area contributed by atoms with Gasteiger partial charge in [0.05, 0.1) is 6.26 Å². The van der Waals surface area contributed by atoms with Gasteiger partial charge in [-0.15, -0.1) is 0 Å². The number of rotatable bonds is 1. The standard InChI is InChI=1S/C11H11N7O2/c1-16-11(19)15-10-14-9-8(18(10)16)7(13-5-17(9)12)6-3-2-4-20-6/h2-5,10H,12H2,1H3,(H,15,19). The van der Waals surface area contributed by atoms with Crippen LogP contribution in [-0.4, -0.2) is 46.6 Å². The van der Waals surface area contributed by atoms with Gasteiger partial charge in [-0.1, -0.05) is 0 Å². The lowest BCUT2D eigenvalue weighted by Crippen LogP contribution is -2.44. The first-order chi connectivity index (χ1) is 9.66. The van der Waals surface area contributed by atoms with E-state index in [0.29, 0.717) is 23.0 Å². The van der Waals surface area contributed by atoms with Gasteiger partial charge in [-0.25, -0.2) is 35.6 Å². The Bertz CT molecular complexity index is 675. The quantitative estimate of drug-likeness (QED) is 0.686. The first kappa shape index (κ1) is 11.1. The highest BCUT2D eigenvalue weighted by Gasteiger charge is 2.46. The number of nitrogens with zero attached hydrogens (tertiary/aromatic N) is 5.